The van der Waals surface area contributed by atoms with Crippen LogP contribution in [0.25, 0.3) is 5.76 Å². The molecule has 0 spiro atoms. The average Bonchev–Trinajstić information content (AvgIpc) is 3.18. The van der Waals surface area contributed by atoms with Crippen LogP contribution in [0.5, 0.6) is 17.2 Å². The lowest BCUT2D eigenvalue weighted by molar-refractivity contribution is -0.132. The molecule has 0 aromatic heterocycles. The number of aryl methyl sites for hydroxylation is 1. The monoisotopic (exact) mass is 501 g/mol. The van der Waals surface area contributed by atoms with E-state index in [4.69, 9.17) is 14.2 Å². The zero-order valence-corrected chi connectivity index (χ0v) is 21.6. The van der Waals surface area contributed by atoms with E-state index in [1.807, 2.05) is 38.1 Å². The molecule has 1 fully saturated rings. The molecule has 1 unspecified atom stereocenters. The number of hydrogen-bond donors (Lipinski definition) is 1. The normalized spacial score (nSPS) is 16.8. The molecule has 7 heteroatoms. The van der Waals surface area contributed by atoms with Gasteiger partial charge in [-0.05, 0) is 67.8 Å². The fourth-order valence-corrected chi connectivity index (χ4v) is 4.44. The fourth-order valence-electron chi connectivity index (χ4n) is 4.44. The molecule has 192 valence electrons. The Morgan fingerprint density at radius 3 is 2.14 bits per heavy atom. The Labute approximate surface area is 216 Å². The quantitative estimate of drug-likeness (QED) is 0.243. The molecule has 3 aromatic carbocycles. The van der Waals surface area contributed by atoms with E-state index in [1.54, 1.807) is 42.5 Å². The van der Waals surface area contributed by atoms with Crippen molar-refractivity contribution in [3.8, 4) is 17.2 Å². The largest absolute Gasteiger partial charge is 0.507 e. The maximum Gasteiger partial charge on any atom is 0.300 e. The van der Waals surface area contributed by atoms with Crippen LogP contribution in [-0.2, 0) is 16.0 Å². The van der Waals surface area contributed by atoms with Gasteiger partial charge in [-0.1, -0.05) is 31.2 Å². The van der Waals surface area contributed by atoms with Gasteiger partial charge in [0, 0.05) is 17.3 Å². The highest BCUT2D eigenvalue weighted by Gasteiger charge is 2.47. The number of aliphatic hydroxyl groups excluding tert-OH is 1. The molecule has 1 atom stereocenters. The maximum atomic E-state index is 13.4. The number of benzene rings is 3. The smallest absolute Gasteiger partial charge is 0.300 e. The Kier molecular flexibility index (Phi) is 7.53. The van der Waals surface area contributed by atoms with E-state index in [0.29, 0.717) is 34.1 Å². The molecule has 37 heavy (non-hydrogen) atoms. The number of anilines is 1. The van der Waals surface area contributed by atoms with Gasteiger partial charge >= 0.3 is 0 Å². The Morgan fingerprint density at radius 1 is 0.919 bits per heavy atom. The first kappa shape index (κ1) is 25.8. The summed E-state index contributed by atoms with van der Waals surface area (Å²) in [6.07, 6.45) is 0.846. The molecule has 1 N–H and O–H groups in total. The van der Waals surface area contributed by atoms with E-state index in [9.17, 15) is 14.7 Å². The highest BCUT2D eigenvalue weighted by molar-refractivity contribution is 6.51. The van der Waals surface area contributed by atoms with E-state index in [1.165, 1.54) is 19.1 Å². The molecule has 0 saturated carbocycles. The van der Waals surface area contributed by atoms with Crippen molar-refractivity contribution in [2.45, 2.75) is 39.3 Å². The molecule has 1 heterocycles. The van der Waals surface area contributed by atoms with Crippen LogP contribution in [0.1, 0.15) is 43.5 Å². The predicted octanol–water partition coefficient (Wildman–Crippen LogP) is 5.68. The van der Waals surface area contributed by atoms with Gasteiger partial charge < -0.3 is 19.3 Å². The number of nitrogens with zero attached hydrogens (tertiary/aromatic N) is 1. The standard InChI is InChI=1S/C30H31NO6/c1-6-19-7-9-20(10-8-19)27-26(28(32)21-11-14-23(15-12-21)37-18(2)3)29(33)30(34)31(27)22-13-16-24(35-4)25(17-22)36-5/h7-18,27,32H,6H2,1-5H3/b28-26+. The first-order chi connectivity index (χ1) is 17.8. The molecule has 4 rings (SSSR count). The summed E-state index contributed by atoms with van der Waals surface area (Å²) in [6, 6.07) is 18.7. The third-order valence-electron chi connectivity index (χ3n) is 6.29. The summed E-state index contributed by atoms with van der Waals surface area (Å²) in [6.45, 7) is 5.90. The molecule has 3 aromatic rings. The van der Waals surface area contributed by atoms with Gasteiger partial charge in [0.05, 0.1) is 31.9 Å². The second kappa shape index (κ2) is 10.8. The number of carbonyl (C=O) groups is 2. The van der Waals surface area contributed by atoms with E-state index in [2.05, 4.69) is 6.92 Å². The van der Waals surface area contributed by atoms with Crippen molar-refractivity contribution in [3.63, 3.8) is 0 Å². The van der Waals surface area contributed by atoms with Crippen LogP contribution in [0.15, 0.2) is 72.3 Å². The van der Waals surface area contributed by atoms with Crippen LogP contribution in [0.4, 0.5) is 5.69 Å². The Bertz CT molecular complexity index is 1330. The lowest BCUT2D eigenvalue weighted by atomic mass is 9.94. The van der Waals surface area contributed by atoms with E-state index >= 15 is 0 Å². The summed E-state index contributed by atoms with van der Waals surface area (Å²) in [5, 5.41) is 11.4. The molecule has 1 saturated heterocycles. The van der Waals surface area contributed by atoms with Gasteiger partial charge in [0.25, 0.3) is 11.7 Å². The average molecular weight is 502 g/mol. The highest BCUT2D eigenvalue weighted by Crippen LogP contribution is 2.44. The van der Waals surface area contributed by atoms with Crippen molar-refractivity contribution in [3.05, 3.63) is 89.0 Å². The third-order valence-corrected chi connectivity index (χ3v) is 6.29. The van der Waals surface area contributed by atoms with Crippen LogP contribution < -0.4 is 19.1 Å². The fraction of sp³-hybridized carbons (Fsp3) is 0.267. The molecule has 0 radical (unpaired) electrons. The van der Waals surface area contributed by atoms with Gasteiger partial charge in [0.2, 0.25) is 0 Å². The number of carbonyl (C=O) groups excluding carboxylic acids is 2. The van der Waals surface area contributed by atoms with Crippen LogP contribution in [0.2, 0.25) is 0 Å². The van der Waals surface area contributed by atoms with Crippen LogP contribution >= 0.6 is 0 Å². The maximum absolute atomic E-state index is 13.4. The van der Waals surface area contributed by atoms with Crippen molar-refractivity contribution in [1.29, 1.82) is 0 Å². The number of amides is 1. The summed E-state index contributed by atoms with van der Waals surface area (Å²) in [5.41, 5.74) is 2.70. The molecule has 0 aliphatic carbocycles. The number of Topliss-reactive ketones (excluding diaryl/α,β-unsaturated/α-hetero) is 1. The van der Waals surface area contributed by atoms with Gasteiger partial charge in [0.15, 0.2) is 11.5 Å². The second-order valence-electron chi connectivity index (χ2n) is 8.99. The molecular weight excluding hydrogens is 470 g/mol. The van der Waals surface area contributed by atoms with Gasteiger partial charge in [-0.15, -0.1) is 0 Å². The van der Waals surface area contributed by atoms with Gasteiger partial charge in [-0.25, -0.2) is 0 Å². The molecule has 1 aliphatic heterocycles. The first-order valence-electron chi connectivity index (χ1n) is 12.2. The van der Waals surface area contributed by atoms with E-state index < -0.39 is 17.7 Å². The number of hydrogen-bond acceptors (Lipinski definition) is 6. The number of ether oxygens (including phenoxy) is 3. The summed E-state index contributed by atoms with van der Waals surface area (Å²) in [7, 11) is 3.03. The van der Waals surface area contributed by atoms with Crippen molar-refractivity contribution in [1.82, 2.24) is 0 Å². The summed E-state index contributed by atoms with van der Waals surface area (Å²) in [4.78, 5) is 28.2. The molecule has 1 amide bonds. The van der Waals surface area contributed by atoms with E-state index in [0.717, 1.165) is 12.0 Å². The third kappa shape index (κ3) is 5.03. The van der Waals surface area contributed by atoms with Gasteiger partial charge in [0.1, 0.15) is 11.5 Å². The SMILES string of the molecule is CCc1ccc(C2/C(=C(\O)c3ccc(OC(C)C)cc3)C(=O)C(=O)N2c2ccc(OC)c(OC)c2)cc1. The Morgan fingerprint density at radius 2 is 1.57 bits per heavy atom. The van der Waals surface area contributed by atoms with Crippen molar-refractivity contribution in [2.24, 2.45) is 0 Å². The molecule has 7 nitrogen and oxygen atoms in total. The van der Waals surface area contributed by atoms with Crippen LogP contribution in [-0.4, -0.2) is 37.1 Å². The topological polar surface area (TPSA) is 85.3 Å². The first-order valence-corrected chi connectivity index (χ1v) is 12.2. The molecular formula is C30H31NO6. The van der Waals surface area contributed by atoms with Crippen LogP contribution in [0, 0.1) is 0 Å². The van der Waals surface area contributed by atoms with Crippen molar-refractivity contribution >= 4 is 23.1 Å². The van der Waals surface area contributed by atoms with E-state index in [-0.39, 0.29) is 17.4 Å². The minimum absolute atomic E-state index is 0.00245. The molecule has 1 aliphatic rings. The van der Waals surface area contributed by atoms with Crippen molar-refractivity contribution in [2.75, 3.05) is 19.1 Å². The predicted molar refractivity (Wildman–Crippen MR) is 142 cm³/mol. The van der Waals surface area contributed by atoms with Gasteiger partial charge in [-0.3, -0.25) is 14.5 Å². The minimum Gasteiger partial charge on any atom is -0.507 e. The highest BCUT2D eigenvalue weighted by atomic mass is 16.5. The zero-order valence-electron chi connectivity index (χ0n) is 21.6. The minimum atomic E-state index is -0.837. The summed E-state index contributed by atoms with van der Waals surface area (Å²) in [5.74, 6) is -0.193. The number of ketones is 1. The second-order valence-corrected chi connectivity index (χ2v) is 8.99. The van der Waals surface area contributed by atoms with Gasteiger partial charge in [-0.2, -0.15) is 0 Å². The lowest BCUT2D eigenvalue weighted by Crippen LogP contribution is -2.29. The Balaban J connectivity index is 1.87. The summed E-state index contributed by atoms with van der Waals surface area (Å²) < 4.78 is 16.5. The number of aliphatic hydroxyl groups is 1. The number of rotatable bonds is 8. The van der Waals surface area contributed by atoms with Crippen molar-refractivity contribution < 1.29 is 28.9 Å². The van der Waals surface area contributed by atoms with Crippen LogP contribution in [0.3, 0.4) is 0 Å². The Hall–Kier alpha value is -4.26. The number of methoxy groups -OCH3 is 2. The molecule has 0 bridgehead atoms. The summed E-state index contributed by atoms with van der Waals surface area (Å²) >= 11 is 0. The lowest BCUT2D eigenvalue weighted by Gasteiger charge is -2.26. The zero-order chi connectivity index (χ0) is 26.7.